The van der Waals surface area contributed by atoms with Crippen LogP contribution in [-0.4, -0.2) is 30.9 Å². The SMILES string of the molecule is CCC(c1ccc(Cl)c(Cl)c1)N(C=O)CC(=O)OC. The Kier molecular flexibility index (Phi) is 6.12. The number of nitrogens with zero attached hydrogens (tertiary/aromatic N) is 1. The van der Waals surface area contributed by atoms with Gasteiger partial charge in [0.25, 0.3) is 0 Å². The standard InChI is InChI=1S/C13H15Cl2NO3/c1-3-12(16(8-17)7-13(18)19-2)9-4-5-10(14)11(15)6-9/h4-6,8,12H,3,7H2,1-2H3. The number of carbonyl (C=O) groups is 2. The van der Waals surface area contributed by atoms with E-state index in [1.807, 2.05) is 6.92 Å². The number of halogens is 2. The fourth-order valence-electron chi connectivity index (χ4n) is 1.82. The Morgan fingerprint density at radius 3 is 2.58 bits per heavy atom. The molecule has 1 unspecified atom stereocenters. The van der Waals surface area contributed by atoms with Gasteiger partial charge >= 0.3 is 5.97 Å². The van der Waals surface area contributed by atoms with E-state index in [-0.39, 0.29) is 12.6 Å². The molecular formula is C13H15Cl2NO3. The summed E-state index contributed by atoms with van der Waals surface area (Å²) >= 11 is 11.8. The lowest BCUT2D eigenvalue weighted by Crippen LogP contribution is -2.33. The molecule has 0 N–H and O–H groups in total. The van der Waals surface area contributed by atoms with E-state index in [2.05, 4.69) is 4.74 Å². The fraction of sp³-hybridized carbons (Fsp3) is 0.385. The zero-order valence-electron chi connectivity index (χ0n) is 10.7. The molecule has 0 fully saturated rings. The van der Waals surface area contributed by atoms with Crippen molar-refractivity contribution in [3.05, 3.63) is 33.8 Å². The van der Waals surface area contributed by atoms with E-state index < -0.39 is 5.97 Å². The topological polar surface area (TPSA) is 46.6 Å². The monoisotopic (exact) mass is 303 g/mol. The first-order valence-electron chi connectivity index (χ1n) is 5.76. The molecule has 0 aliphatic heterocycles. The number of hydrogen-bond donors (Lipinski definition) is 0. The van der Waals surface area contributed by atoms with Crippen molar-refractivity contribution >= 4 is 35.6 Å². The number of esters is 1. The predicted molar refractivity (Wildman–Crippen MR) is 74.3 cm³/mol. The lowest BCUT2D eigenvalue weighted by molar-refractivity contribution is -0.145. The Balaban J connectivity index is 2.99. The van der Waals surface area contributed by atoms with Crippen LogP contribution in [0.25, 0.3) is 0 Å². The van der Waals surface area contributed by atoms with Gasteiger partial charge in [-0.1, -0.05) is 36.2 Å². The molecule has 1 rings (SSSR count). The van der Waals surface area contributed by atoms with Crippen LogP contribution >= 0.6 is 23.2 Å². The summed E-state index contributed by atoms with van der Waals surface area (Å²) in [5.74, 6) is -0.467. The largest absolute Gasteiger partial charge is 0.468 e. The molecular weight excluding hydrogens is 289 g/mol. The highest BCUT2D eigenvalue weighted by molar-refractivity contribution is 6.42. The molecule has 0 heterocycles. The Morgan fingerprint density at radius 2 is 2.11 bits per heavy atom. The highest BCUT2D eigenvalue weighted by Gasteiger charge is 2.20. The van der Waals surface area contributed by atoms with Crippen molar-refractivity contribution in [3.8, 4) is 0 Å². The van der Waals surface area contributed by atoms with Gasteiger partial charge in [-0.05, 0) is 24.1 Å². The van der Waals surface area contributed by atoms with Crippen molar-refractivity contribution in [1.29, 1.82) is 0 Å². The lowest BCUT2D eigenvalue weighted by Gasteiger charge is -2.27. The van der Waals surface area contributed by atoms with Crippen LogP contribution in [0.5, 0.6) is 0 Å². The minimum Gasteiger partial charge on any atom is -0.468 e. The molecule has 0 bridgehead atoms. The van der Waals surface area contributed by atoms with Crippen molar-refractivity contribution in [1.82, 2.24) is 4.90 Å². The quantitative estimate of drug-likeness (QED) is 0.599. The summed E-state index contributed by atoms with van der Waals surface area (Å²) in [5, 5.41) is 0.868. The number of carbonyl (C=O) groups excluding carboxylic acids is 2. The van der Waals surface area contributed by atoms with Gasteiger partial charge in [-0.15, -0.1) is 0 Å². The molecule has 1 atom stereocenters. The average molecular weight is 304 g/mol. The predicted octanol–water partition coefficient (Wildman–Crippen LogP) is 3.08. The Labute approximate surface area is 122 Å². The highest BCUT2D eigenvalue weighted by atomic mass is 35.5. The molecule has 19 heavy (non-hydrogen) atoms. The van der Waals surface area contributed by atoms with Gasteiger partial charge in [0.15, 0.2) is 0 Å². The number of rotatable bonds is 6. The summed E-state index contributed by atoms with van der Waals surface area (Å²) in [6.07, 6.45) is 1.28. The molecule has 0 aliphatic rings. The van der Waals surface area contributed by atoms with E-state index in [1.165, 1.54) is 12.0 Å². The smallest absolute Gasteiger partial charge is 0.325 e. The van der Waals surface area contributed by atoms with Crippen molar-refractivity contribution in [2.45, 2.75) is 19.4 Å². The second-order valence-electron chi connectivity index (χ2n) is 3.95. The Morgan fingerprint density at radius 1 is 1.42 bits per heavy atom. The van der Waals surface area contributed by atoms with Crippen molar-refractivity contribution in [2.24, 2.45) is 0 Å². The maximum atomic E-state index is 11.3. The lowest BCUT2D eigenvalue weighted by atomic mass is 10.0. The van der Waals surface area contributed by atoms with Crippen LogP contribution in [0.4, 0.5) is 0 Å². The average Bonchev–Trinajstić information content (AvgIpc) is 2.41. The zero-order chi connectivity index (χ0) is 14.4. The molecule has 1 amide bonds. The normalized spacial score (nSPS) is 11.8. The van der Waals surface area contributed by atoms with Gasteiger partial charge < -0.3 is 9.64 Å². The second kappa shape index (κ2) is 7.36. The van der Waals surface area contributed by atoms with Gasteiger partial charge in [0.1, 0.15) is 6.54 Å². The van der Waals surface area contributed by atoms with Crippen molar-refractivity contribution in [3.63, 3.8) is 0 Å². The molecule has 0 saturated carbocycles. The van der Waals surface area contributed by atoms with Gasteiger partial charge in [0.2, 0.25) is 6.41 Å². The van der Waals surface area contributed by atoms with E-state index >= 15 is 0 Å². The maximum absolute atomic E-state index is 11.3. The summed E-state index contributed by atoms with van der Waals surface area (Å²) in [7, 11) is 1.28. The summed E-state index contributed by atoms with van der Waals surface area (Å²) in [6.45, 7) is 1.82. The third kappa shape index (κ3) is 4.11. The molecule has 0 spiro atoms. The van der Waals surface area contributed by atoms with E-state index in [0.717, 1.165) is 5.56 Å². The number of amides is 1. The van der Waals surface area contributed by atoms with E-state index in [0.29, 0.717) is 22.9 Å². The van der Waals surface area contributed by atoms with E-state index in [4.69, 9.17) is 23.2 Å². The maximum Gasteiger partial charge on any atom is 0.325 e. The molecule has 0 aromatic heterocycles. The summed E-state index contributed by atoms with van der Waals surface area (Å²) < 4.78 is 4.57. The van der Waals surface area contributed by atoms with Crippen LogP contribution in [0, 0.1) is 0 Å². The minimum absolute atomic E-state index is 0.0985. The molecule has 104 valence electrons. The van der Waals surface area contributed by atoms with Crippen LogP contribution in [0.2, 0.25) is 10.0 Å². The third-order valence-corrected chi connectivity index (χ3v) is 3.53. The molecule has 0 saturated heterocycles. The Hall–Kier alpha value is -1.26. The number of ether oxygens (including phenoxy) is 1. The van der Waals surface area contributed by atoms with Gasteiger partial charge in [-0.3, -0.25) is 9.59 Å². The summed E-state index contributed by atoms with van der Waals surface area (Å²) in [5.41, 5.74) is 0.827. The highest BCUT2D eigenvalue weighted by Crippen LogP contribution is 2.29. The molecule has 1 aromatic carbocycles. The molecule has 4 nitrogen and oxygen atoms in total. The van der Waals surface area contributed by atoms with Crippen molar-refractivity contribution < 1.29 is 14.3 Å². The van der Waals surface area contributed by atoms with Gasteiger partial charge in [0, 0.05) is 0 Å². The first-order valence-corrected chi connectivity index (χ1v) is 6.51. The van der Waals surface area contributed by atoms with Crippen LogP contribution < -0.4 is 0 Å². The van der Waals surface area contributed by atoms with E-state index in [1.54, 1.807) is 18.2 Å². The Bertz CT molecular complexity index is 465. The second-order valence-corrected chi connectivity index (χ2v) is 4.77. The first-order chi connectivity index (χ1) is 9.03. The van der Waals surface area contributed by atoms with Crippen LogP contribution in [0.15, 0.2) is 18.2 Å². The first kappa shape index (κ1) is 15.8. The summed E-state index contributed by atoms with van der Waals surface area (Å²) in [6, 6.07) is 4.91. The van der Waals surface area contributed by atoms with Gasteiger partial charge in [-0.2, -0.15) is 0 Å². The van der Waals surface area contributed by atoms with Crippen LogP contribution in [-0.2, 0) is 14.3 Å². The number of benzene rings is 1. The van der Waals surface area contributed by atoms with Gasteiger partial charge in [-0.25, -0.2) is 0 Å². The molecule has 0 radical (unpaired) electrons. The fourth-order valence-corrected chi connectivity index (χ4v) is 2.12. The van der Waals surface area contributed by atoms with Crippen LogP contribution in [0.1, 0.15) is 24.9 Å². The number of hydrogen-bond acceptors (Lipinski definition) is 3. The molecule has 0 aliphatic carbocycles. The summed E-state index contributed by atoms with van der Waals surface area (Å²) in [4.78, 5) is 23.8. The minimum atomic E-state index is -0.467. The van der Waals surface area contributed by atoms with E-state index in [9.17, 15) is 9.59 Å². The van der Waals surface area contributed by atoms with Crippen molar-refractivity contribution in [2.75, 3.05) is 13.7 Å². The van der Waals surface area contributed by atoms with Gasteiger partial charge in [0.05, 0.1) is 23.2 Å². The third-order valence-electron chi connectivity index (χ3n) is 2.79. The number of methoxy groups -OCH3 is 1. The van der Waals surface area contributed by atoms with Crippen LogP contribution in [0.3, 0.4) is 0 Å². The zero-order valence-corrected chi connectivity index (χ0v) is 12.2. The molecule has 1 aromatic rings. The molecule has 6 heteroatoms.